The number of cyclic esters (lactones) is 1. The summed E-state index contributed by atoms with van der Waals surface area (Å²) in [6, 6.07) is 5.51. The normalized spacial score (nSPS) is 23.6. The molecule has 0 spiro atoms. The first-order valence-corrected chi connectivity index (χ1v) is 9.16. The zero-order valence-corrected chi connectivity index (χ0v) is 13.3. The second kappa shape index (κ2) is 5.85. The summed E-state index contributed by atoms with van der Waals surface area (Å²) in [7, 11) is -3.18. The van der Waals surface area contributed by atoms with Crippen LogP contribution in [0.5, 0.6) is 0 Å². The zero-order chi connectivity index (χ0) is 15.7. The Morgan fingerprint density at radius 1 is 1.32 bits per heavy atom. The Balaban J connectivity index is 1.81. The van der Waals surface area contributed by atoms with Gasteiger partial charge in [0.25, 0.3) is 0 Å². The molecule has 2 saturated heterocycles. The van der Waals surface area contributed by atoms with Crippen LogP contribution < -0.4 is 4.90 Å². The van der Waals surface area contributed by atoms with Crippen LogP contribution in [-0.2, 0) is 14.8 Å². The van der Waals surface area contributed by atoms with Crippen LogP contribution in [0, 0.1) is 0 Å². The zero-order valence-electron chi connectivity index (χ0n) is 12.4. The summed E-state index contributed by atoms with van der Waals surface area (Å²) in [5.41, 5.74) is 0.825. The van der Waals surface area contributed by atoms with Gasteiger partial charge in [0.15, 0.2) is 0 Å². The van der Waals surface area contributed by atoms with E-state index in [9.17, 15) is 13.2 Å². The van der Waals surface area contributed by atoms with Crippen LogP contribution in [0.1, 0.15) is 24.5 Å². The van der Waals surface area contributed by atoms with E-state index in [1.165, 1.54) is 15.5 Å². The maximum atomic E-state index is 11.7. The van der Waals surface area contributed by atoms with E-state index in [-0.39, 0.29) is 12.0 Å². The molecule has 2 aliphatic rings. The highest BCUT2D eigenvalue weighted by molar-refractivity contribution is 7.88. The molecule has 3 rings (SSSR count). The molecule has 0 saturated carbocycles. The number of piperidine rings is 1. The Labute approximate surface area is 129 Å². The van der Waals surface area contributed by atoms with Gasteiger partial charge in [0.1, 0.15) is 12.4 Å². The van der Waals surface area contributed by atoms with Crippen LogP contribution in [0.15, 0.2) is 18.2 Å². The fourth-order valence-electron chi connectivity index (χ4n) is 2.90. The van der Waals surface area contributed by atoms with E-state index in [4.69, 9.17) is 4.74 Å². The van der Waals surface area contributed by atoms with E-state index in [1.54, 1.807) is 6.07 Å². The number of carbonyl (C=O) groups is 1. The quantitative estimate of drug-likeness (QED) is 0.833. The molecule has 120 valence electrons. The van der Waals surface area contributed by atoms with Crippen LogP contribution in [0.25, 0.3) is 0 Å². The number of amides is 1. The van der Waals surface area contributed by atoms with Crippen LogP contribution in [0.3, 0.4) is 0 Å². The monoisotopic (exact) mass is 325 g/mol. The number of aromatic nitrogens is 1. The van der Waals surface area contributed by atoms with Crippen LogP contribution in [0.4, 0.5) is 10.6 Å². The first-order chi connectivity index (χ1) is 10.4. The molecule has 0 N–H and O–H groups in total. The molecule has 0 radical (unpaired) electrons. The summed E-state index contributed by atoms with van der Waals surface area (Å²) in [6.07, 6.45) is 2.56. The third kappa shape index (κ3) is 3.07. The van der Waals surface area contributed by atoms with Gasteiger partial charge in [0, 0.05) is 24.7 Å². The molecule has 1 amide bonds. The van der Waals surface area contributed by atoms with Crippen molar-refractivity contribution in [2.45, 2.75) is 18.8 Å². The average molecular weight is 325 g/mol. The van der Waals surface area contributed by atoms with E-state index >= 15 is 0 Å². The van der Waals surface area contributed by atoms with Crippen molar-refractivity contribution in [2.75, 3.05) is 37.4 Å². The Kier molecular flexibility index (Phi) is 4.05. The van der Waals surface area contributed by atoms with Gasteiger partial charge in [-0.2, -0.15) is 0 Å². The van der Waals surface area contributed by atoms with Crippen molar-refractivity contribution < 1.29 is 17.9 Å². The summed E-state index contributed by atoms with van der Waals surface area (Å²) in [4.78, 5) is 17.7. The molecule has 2 fully saturated rings. The third-order valence-electron chi connectivity index (χ3n) is 4.06. The number of anilines is 1. The predicted molar refractivity (Wildman–Crippen MR) is 81.3 cm³/mol. The standard InChI is InChI=1S/C14H19N3O4S/c1-22(19,20)16-7-3-4-11(10-16)12-5-2-6-13(15-12)17-8-9-21-14(17)18/h2,5-6,11H,3-4,7-10H2,1H3/t11-/m0/s1. The van der Waals surface area contributed by atoms with Crippen molar-refractivity contribution in [2.24, 2.45) is 0 Å². The molecule has 1 atom stereocenters. The van der Waals surface area contributed by atoms with Crippen LogP contribution >= 0.6 is 0 Å². The third-order valence-corrected chi connectivity index (χ3v) is 5.33. The van der Waals surface area contributed by atoms with Crippen LogP contribution in [0.2, 0.25) is 0 Å². The minimum absolute atomic E-state index is 0.0575. The lowest BCUT2D eigenvalue weighted by atomic mass is 9.95. The number of ether oxygens (including phenoxy) is 1. The largest absolute Gasteiger partial charge is 0.447 e. The summed E-state index contributed by atoms with van der Waals surface area (Å²) in [5.74, 6) is 0.624. The number of hydrogen-bond acceptors (Lipinski definition) is 5. The molecule has 22 heavy (non-hydrogen) atoms. The Hall–Kier alpha value is -1.67. The summed E-state index contributed by atoms with van der Waals surface area (Å²) < 4.78 is 29.9. The number of rotatable bonds is 3. The molecule has 1 aromatic heterocycles. The van der Waals surface area contributed by atoms with Gasteiger partial charge < -0.3 is 4.74 Å². The SMILES string of the molecule is CS(=O)(=O)N1CCC[C@H](c2cccc(N3CCOC3=O)n2)C1. The molecular formula is C14H19N3O4S. The minimum atomic E-state index is -3.18. The first kappa shape index (κ1) is 15.2. The van der Waals surface area contributed by atoms with E-state index in [1.807, 2.05) is 12.1 Å². The fourth-order valence-corrected chi connectivity index (χ4v) is 3.82. The van der Waals surface area contributed by atoms with Gasteiger partial charge in [-0.05, 0) is 25.0 Å². The number of pyridine rings is 1. The van der Waals surface area contributed by atoms with Crippen molar-refractivity contribution in [3.8, 4) is 0 Å². The van der Waals surface area contributed by atoms with Crippen molar-refractivity contribution in [3.63, 3.8) is 0 Å². The molecule has 0 bridgehead atoms. The number of hydrogen-bond donors (Lipinski definition) is 0. The van der Waals surface area contributed by atoms with Crippen molar-refractivity contribution in [1.82, 2.24) is 9.29 Å². The van der Waals surface area contributed by atoms with E-state index in [0.717, 1.165) is 18.5 Å². The second-order valence-corrected chi connectivity index (χ2v) is 7.63. The van der Waals surface area contributed by atoms with Gasteiger partial charge >= 0.3 is 6.09 Å². The molecule has 3 heterocycles. The van der Waals surface area contributed by atoms with Gasteiger partial charge in [-0.25, -0.2) is 22.5 Å². The van der Waals surface area contributed by atoms with Gasteiger partial charge in [-0.3, -0.25) is 4.90 Å². The molecule has 7 nitrogen and oxygen atoms in total. The highest BCUT2D eigenvalue weighted by atomic mass is 32.2. The molecule has 0 unspecified atom stereocenters. The topological polar surface area (TPSA) is 79.8 Å². The Morgan fingerprint density at radius 3 is 2.82 bits per heavy atom. The van der Waals surface area contributed by atoms with Crippen molar-refractivity contribution >= 4 is 21.9 Å². The van der Waals surface area contributed by atoms with Gasteiger partial charge in [-0.1, -0.05) is 6.07 Å². The molecular weight excluding hydrogens is 306 g/mol. The summed E-state index contributed by atoms with van der Waals surface area (Å²) in [5, 5.41) is 0. The number of nitrogens with zero attached hydrogens (tertiary/aromatic N) is 3. The maximum absolute atomic E-state index is 11.7. The highest BCUT2D eigenvalue weighted by Gasteiger charge is 2.29. The average Bonchev–Trinajstić information content (AvgIpc) is 2.93. The van der Waals surface area contributed by atoms with E-state index in [2.05, 4.69) is 4.98 Å². The van der Waals surface area contributed by atoms with E-state index < -0.39 is 10.0 Å². The predicted octanol–water partition coefficient (Wildman–Crippen LogP) is 1.18. The summed E-state index contributed by atoms with van der Waals surface area (Å²) in [6.45, 7) is 1.87. The smallest absolute Gasteiger partial charge is 0.415 e. The van der Waals surface area contributed by atoms with Gasteiger partial charge in [-0.15, -0.1) is 0 Å². The summed E-state index contributed by atoms with van der Waals surface area (Å²) >= 11 is 0. The van der Waals surface area contributed by atoms with Crippen LogP contribution in [-0.4, -0.2) is 56.3 Å². The second-order valence-electron chi connectivity index (χ2n) is 5.65. The van der Waals surface area contributed by atoms with Gasteiger partial charge in [0.05, 0.1) is 12.8 Å². The lowest BCUT2D eigenvalue weighted by Gasteiger charge is -2.30. The lowest BCUT2D eigenvalue weighted by molar-refractivity contribution is 0.181. The van der Waals surface area contributed by atoms with Gasteiger partial charge in [0.2, 0.25) is 10.0 Å². The molecule has 0 aromatic carbocycles. The Bertz CT molecular complexity index is 676. The van der Waals surface area contributed by atoms with E-state index in [0.29, 0.717) is 32.1 Å². The minimum Gasteiger partial charge on any atom is -0.447 e. The maximum Gasteiger partial charge on any atom is 0.415 e. The highest BCUT2D eigenvalue weighted by Crippen LogP contribution is 2.28. The van der Waals surface area contributed by atoms with Crippen molar-refractivity contribution in [3.05, 3.63) is 23.9 Å². The molecule has 0 aliphatic carbocycles. The molecule has 8 heteroatoms. The number of carbonyl (C=O) groups excluding carboxylic acids is 1. The number of sulfonamides is 1. The van der Waals surface area contributed by atoms with Crippen molar-refractivity contribution in [1.29, 1.82) is 0 Å². The Morgan fingerprint density at radius 2 is 2.14 bits per heavy atom. The molecule has 1 aromatic rings. The lowest BCUT2D eigenvalue weighted by Crippen LogP contribution is -2.38. The molecule has 2 aliphatic heterocycles. The first-order valence-electron chi connectivity index (χ1n) is 7.31. The fraction of sp³-hybridized carbons (Fsp3) is 0.571.